The van der Waals surface area contributed by atoms with Crippen molar-refractivity contribution < 1.29 is 14.6 Å². The number of aromatic hydroxyl groups is 2. The number of hydrogen-bond donors (Lipinski definition) is 3. The lowest BCUT2D eigenvalue weighted by atomic mass is 9.99. The summed E-state index contributed by atoms with van der Waals surface area (Å²) in [6, 6.07) is 9.16. The molecular weight excluding hydrogens is 303 g/mol. The van der Waals surface area contributed by atoms with Crippen molar-refractivity contribution in [1.29, 1.82) is 0 Å². The molecule has 4 nitrogen and oxygen atoms in total. The van der Waals surface area contributed by atoms with Crippen LogP contribution in [0.3, 0.4) is 0 Å². The maximum atomic E-state index is 12.9. The number of thiocarbonyl (C=S) groups is 1. The summed E-state index contributed by atoms with van der Waals surface area (Å²) in [4.78, 5) is 1.97. The first-order valence-corrected chi connectivity index (χ1v) is 7.29. The second-order valence-corrected chi connectivity index (χ2v) is 5.60. The lowest BCUT2D eigenvalue weighted by molar-refractivity contribution is 0.382. The molecule has 0 aliphatic carbocycles. The molecule has 1 heterocycles. The largest absolute Gasteiger partial charge is 0.504 e. The van der Waals surface area contributed by atoms with Crippen molar-refractivity contribution in [2.45, 2.75) is 13.0 Å². The summed E-state index contributed by atoms with van der Waals surface area (Å²) in [5.41, 5.74) is 2.67. The van der Waals surface area contributed by atoms with Gasteiger partial charge in [-0.25, -0.2) is 4.39 Å². The molecule has 0 fully saturated rings. The molecule has 3 N–H and O–H groups in total. The number of nitrogens with one attached hydrogen (secondary N) is 1. The summed E-state index contributed by atoms with van der Waals surface area (Å²) in [5, 5.41) is 22.8. The number of halogens is 1. The summed E-state index contributed by atoms with van der Waals surface area (Å²) in [6.07, 6.45) is 0.731. The van der Waals surface area contributed by atoms with Gasteiger partial charge in [0.15, 0.2) is 16.6 Å². The maximum absolute atomic E-state index is 12.9. The predicted molar refractivity (Wildman–Crippen MR) is 86.5 cm³/mol. The Bertz CT molecular complexity index is 719. The Morgan fingerprint density at radius 1 is 1.09 bits per heavy atom. The van der Waals surface area contributed by atoms with E-state index in [4.69, 9.17) is 12.2 Å². The van der Waals surface area contributed by atoms with Crippen LogP contribution >= 0.6 is 12.2 Å². The number of nitrogens with zero attached hydrogens (tertiary/aromatic N) is 1. The smallest absolute Gasteiger partial charge is 0.173 e. The Hall–Kier alpha value is -2.34. The summed E-state index contributed by atoms with van der Waals surface area (Å²) in [7, 11) is 0. The van der Waals surface area contributed by atoms with E-state index in [1.165, 1.54) is 12.1 Å². The average molecular weight is 318 g/mol. The fourth-order valence-electron chi connectivity index (χ4n) is 2.49. The van der Waals surface area contributed by atoms with Gasteiger partial charge in [-0.05, 0) is 66.2 Å². The molecule has 1 aliphatic heterocycles. The van der Waals surface area contributed by atoms with Crippen molar-refractivity contribution in [3.05, 3.63) is 53.3 Å². The van der Waals surface area contributed by atoms with Crippen LogP contribution < -0.4 is 5.32 Å². The Morgan fingerprint density at radius 3 is 2.41 bits per heavy atom. The molecule has 1 aliphatic rings. The van der Waals surface area contributed by atoms with Gasteiger partial charge in [0.25, 0.3) is 0 Å². The number of benzene rings is 2. The molecule has 0 atom stereocenters. The van der Waals surface area contributed by atoms with Crippen molar-refractivity contribution in [1.82, 2.24) is 4.90 Å². The summed E-state index contributed by atoms with van der Waals surface area (Å²) in [5.74, 6) is -0.518. The van der Waals surface area contributed by atoms with Crippen molar-refractivity contribution in [3.8, 4) is 11.5 Å². The first kappa shape index (κ1) is 14.6. The highest BCUT2D eigenvalue weighted by Crippen LogP contribution is 2.31. The molecule has 2 aromatic carbocycles. The fourth-order valence-corrected chi connectivity index (χ4v) is 2.77. The van der Waals surface area contributed by atoms with Crippen LogP contribution in [0.5, 0.6) is 11.5 Å². The Kier molecular flexibility index (Phi) is 3.85. The molecule has 3 rings (SSSR count). The summed E-state index contributed by atoms with van der Waals surface area (Å²) >= 11 is 5.39. The number of phenolic OH excluding ortho intramolecular Hbond substituents is 2. The van der Waals surface area contributed by atoms with E-state index in [2.05, 4.69) is 5.32 Å². The van der Waals surface area contributed by atoms with Gasteiger partial charge in [-0.3, -0.25) is 0 Å². The van der Waals surface area contributed by atoms with Crippen LogP contribution in [-0.2, 0) is 13.0 Å². The number of rotatable bonds is 1. The van der Waals surface area contributed by atoms with Gasteiger partial charge >= 0.3 is 0 Å². The number of fused-ring (bicyclic) bond motifs is 1. The van der Waals surface area contributed by atoms with E-state index in [0.717, 1.165) is 23.2 Å². The standard InChI is InChI=1S/C16H15FN2O2S/c17-12-1-3-13(4-2-12)18-16(22)19-6-5-10-7-14(20)15(21)8-11(10)9-19/h1-4,7-8,20-21H,5-6,9H2,(H,18,22). The maximum Gasteiger partial charge on any atom is 0.173 e. The number of anilines is 1. The molecule has 22 heavy (non-hydrogen) atoms. The quantitative estimate of drug-likeness (QED) is 0.557. The van der Waals surface area contributed by atoms with Gasteiger partial charge in [-0.2, -0.15) is 0 Å². The second-order valence-electron chi connectivity index (χ2n) is 5.22. The minimum absolute atomic E-state index is 0.0980. The molecule has 2 aromatic rings. The molecule has 0 aromatic heterocycles. The van der Waals surface area contributed by atoms with Gasteiger partial charge in [0.1, 0.15) is 5.82 Å². The van der Waals surface area contributed by atoms with Crippen molar-refractivity contribution in [2.75, 3.05) is 11.9 Å². The third-order valence-corrected chi connectivity index (χ3v) is 4.05. The molecule has 0 unspecified atom stereocenters. The van der Waals surface area contributed by atoms with E-state index in [-0.39, 0.29) is 17.3 Å². The Labute approximate surface area is 132 Å². The minimum atomic E-state index is -0.293. The molecule has 6 heteroatoms. The summed E-state index contributed by atoms with van der Waals surface area (Å²) < 4.78 is 12.9. The van der Waals surface area contributed by atoms with Gasteiger partial charge in [-0.15, -0.1) is 0 Å². The van der Waals surface area contributed by atoms with Crippen LogP contribution in [0.25, 0.3) is 0 Å². The molecule has 0 spiro atoms. The van der Waals surface area contributed by atoms with Gasteiger partial charge in [0.2, 0.25) is 0 Å². The van der Waals surface area contributed by atoms with Crippen LogP contribution in [0.2, 0.25) is 0 Å². The van der Waals surface area contributed by atoms with Gasteiger partial charge in [0.05, 0.1) is 0 Å². The molecule has 0 amide bonds. The topological polar surface area (TPSA) is 55.7 Å². The van der Waals surface area contributed by atoms with Crippen LogP contribution in [0.15, 0.2) is 36.4 Å². The minimum Gasteiger partial charge on any atom is -0.504 e. The Balaban J connectivity index is 1.72. The van der Waals surface area contributed by atoms with E-state index in [9.17, 15) is 14.6 Å². The van der Waals surface area contributed by atoms with Crippen molar-refractivity contribution in [2.24, 2.45) is 0 Å². The summed E-state index contributed by atoms with van der Waals surface area (Å²) in [6.45, 7) is 1.26. The van der Waals surface area contributed by atoms with E-state index < -0.39 is 0 Å². The lowest BCUT2D eigenvalue weighted by Gasteiger charge is -2.31. The van der Waals surface area contributed by atoms with E-state index in [1.54, 1.807) is 24.3 Å². The SMILES string of the molecule is Oc1cc2c(cc1O)CN(C(=S)Nc1ccc(F)cc1)CC2. The van der Waals surface area contributed by atoms with Crippen molar-refractivity contribution >= 4 is 23.0 Å². The monoisotopic (exact) mass is 318 g/mol. The van der Waals surface area contributed by atoms with Crippen LogP contribution in [0, 0.1) is 5.82 Å². The zero-order chi connectivity index (χ0) is 15.7. The van der Waals surface area contributed by atoms with Crippen LogP contribution in [0.1, 0.15) is 11.1 Å². The van der Waals surface area contributed by atoms with Gasteiger partial charge < -0.3 is 20.4 Å². The highest BCUT2D eigenvalue weighted by atomic mass is 32.1. The molecule has 0 radical (unpaired) electrons. The van der Waals surface area contributed by atoms with E-state index >= 15 is 0 Å². The van der Waals surface area contributed by atoms with Crippen LogP contribution in [-0.4, -0.2) is 26.8 Å². The second kappa shape index (κ2) is 5.81. The normalized spacial score (nSPS) is 13.6. The van der Waals surface area contributed by atoms with Crippen molar-refractivity contribution in [3.63, 3.8) is 0 Å². The van der Waals surface area contributed by atoms with E-state index in [0.29, 0.717) is 18.2 Å². The first-order valence-electron chi connectivity index (χ1n) is 6.88. The fraction of sp³-hybridized carbons (Fsp3) is 0.188. The molecule has 114 valence electrons. The molecule has 0 saturated carbocycles. The molecule has 0 saturated heterocycles. The highest BCUT2D eigenvalue weighted by Gasteiger charge is 2.20. The lowest BCUT2D eigenvalue weighted by Crippen LogP contribution is -2.38. The number of phenols is 2. The molecular formula is C16H15FN2O2S. The Morgan fingerprint density at radius 2 is 1.73 bits per heavy atom. The van der Waals surface area contributed by atoms with Gasteiger partial charge in [0, 0.05) is 18.8 Å². The third kappa shape index (κ3) is 2.96. The predicted octanol–water partition coefficient (Wildman–Crippen LogP) is 2.99. The zero-order valence-corrected chi connectivity index (χ0v) is 12.5. The third-order valence-electron chi connectivity index (χ3n) is 3.69. The average Bonchev–Trinajstić information content (AvgIpc) is 2.50. The highest BCUT2D eigenvalue weighted by molar-refractivity contribution is 7.80. The van der Waals surface area contributed by atoms with Crippen LogP contribution in [0.4, 0.5) is 10.1 Å². The zero-order valence-electron chi connectivity index (χ0n) is 11.7. The molecule has 0 bridgehead atoms. The first-order chi connectivity index (χ1) is 10.5. The van der Waals surface area contributed by atoms with E-state index in [1.807, 2.05) is 4.90 Å². The number of hydrogen-bond acceptors (Lipinski definition) is 3. The van der Waals surface area contributed by atoms with Gasteiger partial charge in [-0.1, -0.05) is 0 Å².